The number of halogens is 2. The van der Waals surface area contributed by atoms with Crippen LogP contribution in [0.15, 0.2) is 53.6 Å². The minimum absolute atomic E-state index is 0.137. The molecule has 192 valence electrons. The molecule has 0 unspecified atom stereocenters. The molecule has 0 bridgehead atoms. The summed E-state index contributed by atoms with van der Waals surface area (Å²) in [6, 6.07) is 9.14. The van der Waals surface area contributed by atoms with E-state index < -0.39 is 38.0 Å². The van der Waals surface area contributed by atoms with Crippen molar-refractivity contribution in [3.63, 3.8) is 0 Å². The van der Waals surface area contributed by atoms with E-state index in [9.17, 15) is 22.0 Å². The summed E-state index contributed by atoms with van der Waals surface area (Å²) in [5.74, 6) is -2.02. The number of nitrogens with one attached hydrogen (secondary N) is 1. The van der Waals surface area contributed by atoms with E-state index >= 15 is 0 Å². The third kappa shape index (κ3) is 6.06. The van der Waals surface area contributed by atoms with Gasteiger partial charge in [-0.25, -0.2) is 26.9 Å². The summed E-state index contributed by atoms with van der Waals surface area (Å²) in [7, 11) is -2.93. The smallest absolute Gasteiger partial charge is 0.264 e. The van der Waals surface area contributed by atoms with Crippen LogP contribution in [0.5, 0.6) is 5.88 Å². The topological polar surface area (TPSA) is 111 Å². The Balaban J connectivity index is 1.98. The van der Waals surface area contributed by atoms with Gasteiger partial charge in [-0.15, -0.1) is 0 Å². The van der Waals surface area contributed by atoms with Gasteiger partial charge in [0.2, 0.25) is 11.8 Å². The molecule has 3 aromatic rings. The van der Waals surface area contributed by atoms with Crippen molar-refractivity contribution in [3.8, 4) is 17.0 Å². The number of hydrogen-bond donors (Lipinski definition) is 2. The Morgan fingerprint density at radius 1 is 1.14 bits per heavy atom. The molecule has 0 fully saturated rings. The number of amides is 1. The van der Waals surface area contributed by atoms with Crippen LogP contribution in [0.4, 0.5) is 8.78 Å². The van der Waals surface area contributed by atoms with Gasteiger partial charge in [0.05, 0.1) is 18.4 Å². The number of rotatable bonds is 8. The first-order valence-electron chi connectivity index (χ1n) is 11.2. The van der Waals surface area contributed by atoms with E-state index in [4.69, 9.17) is 10.5 Å². The van der Waals surface area contributed by atoms with Gasteiger partial charge >= 0.3 is 0 Å². The van der Waals surface area contributed by atoms with Crippen LogP contribution in [0.2, 0.25) is 0 Å². The molecule has 0 atom stereocenters. The second-order valence-electron chi connectivity index (χ2n) is 9.33. The third-order valence-corrected chi connectivity index (χ3v) is 7.03. The van der Waals surface area contributed by atoms with Crippen molar-refractivity contribution in [3.05, 3.63) is 77.0 Å². The van der Waals surface area contributed by atoms with Gasteiger partial charge < -0.3 is 10.5 Å². The Hall–Kier alpha value is -3.37. The lowest BCUT2D eigenvalue weighted by Gasteiger charge is -2.20. The fourth-order valence-corrected chi connectivity index (χ4v) is 4.90. The number of sulfonamides is 1. The molecule has 10 heteroatoms. The molecule has 0 aliphatic carbocycles. The predicted molar refractivity (Wildman–Crippen MR) is 133 cm³/mol. The van der Waals surface area contributed by atoms with Crippen LogP contribution < -0.4 is 15.2 Å². The summed E-state index contributed by atoms with van der Waals surface area (Å²) in [5, 5.41) is 0. The molecule has 0 aliphatic rings. The first-order chi connectivity index (χ1) is 16.7. The van der Waals surface area contributed by atoms with Gasteiger partial charge in [-0.2, -0.15) is 0 Å². The summed E-state index contributed by atoms with van der Waals surface area (Å²) in [6.07, 6.45) is 1.13. The number of benzene rings is 2. The summed E-state index contributed by atoms with van der Waals surface area (Å²) in [6.45, 7) is 6.86. The highest BCUT2D eigenvalue weighted by atomic mass is 32.2. The van der Waals surface area contributed by atoms with Crippen LogP contribution in [-0.2, 0) is 26.8 Å². The van der Waals surface area contributed by atoms with E-state index in [1.54, 1.807) is 26.0 Å². The number of methoxy groups -OCH3 is 1. The van der Waals surface area contributed by atoms with E-state index in [0.717, 1.165) is 6.07 Å². The fourth-order valence-electron chi connectivity index (χ4n) is 3.91. The highest BCUT2D eigenvalue weighted by Gasteiger charge is 2.25. The zero-order valence-electron chi connectivity index (χ0n) is 20.7. The molecule has 1 heterocycles. The van der Waals surface area contributed by atoms with Gasteiger partial charge in [0.1, 0.15) is 11.6 Å². The number of hydrogen-bond acceptors (Lipinski definition) is 6. The molecule has 7 nitrogen and oxygen atoms in total. The Morgan fingerprint density at radius 2 is 1.83 bits per heavy atom. The van der Waals surface area contributed by atoms with Crippen LogP contribution in [0.1, 0.15) is 50.3 Å². The summed E-state index contributed by atoms with van der Waals surface area (Å²) in [5.41, 5.74) is 7.00. The zero-order chi connectivity index (χ0) is 26.8. The van der Waals surface area contributed by atoms with Crippen LogP contribution >= 0.6 is 0 Å². The quantitative estimate of drug-likeness (QED) is 0.458. The second-order valence-corrected chi connectivity index (χ2v) is 11.0. The van der Waals surface area contributed by atoms with Crippen molar-refractivity contribution in [2.75, 3.05) is 7.11 Å². The Kier molecular flexibility index (Phi) is 7.80. The molecule has 2 aromatic carbocycles. The van der Waals surface area contributed by atoms with Crippen LogP contribution in [0.25, 0.3) is 11.1 Å². The second kappa shape index (κ2) is 10.3. The van der Waals surface area contributed by atoms with E-state index in [2.05, 4.69) is 4.98 Å². The van der Waals surface area contributed by atoms with Crippen LogP contribution in [0, 0.1) is 11.6 Å². The number of aromatic nitrogens is 1. The van der Waals surface area contributed by atoms with E-state index in [-0.39, 0.29) is 17.9 Å². The largest absolute Gasteiger partial charge is 0.481 e. The van der Waals surface area contributed by atoms with E-state index in [1.807, 2.05) is 18.6 Å². The Bertz CT molecular complexity index is 1400. The molecule has 1 aromatic heterocycles. The highest BCUT2D eigenvalue weighted by Crippen LogP contribution is 2.33. The monoisotopic (exact) mass is 517 g/mol. The van der Waals surface area contributed by atoms with E-state index in [1.165, 1.54) is 37.6 Å². The first-order valence-corrected chi connectivity index (χ1v) is 12.7. The molecule has 3 N–H and O–H groups in total. The van der Waals surface area contributed by atoms with Gasteiger partial charge in [-0.1, -0.05) is 19.9 Å². The lowest BCUT2D eigenvalue weighted by atomic mass is 9.88. The Morgan fingerprint density at radius 3 is 2.42 bits per heavy atom. The van der Waals surface area contributed by atoms with Gasteiger partial charge in [0.15, 0.2) is 0 Å². The Labute approximate surface area is 209 Å². The lowest BCUT2D eigenvalue weighted by molar-refractivity contribution is -0.118. The molecule has 0 saturated carbocycles. The summed E-state index contributed by atoms with van der Waals surface area (Å²) < 4.78 is 61.9. The molecular weight excluding hydrogens is 488 g/mol. The van der Waals surface area contributed by atoms with Crippen molar-refractivity contribution in [2.45, 2.75) is 50.5 Å². The maximum absolute atomic E-state index is 14.5. The minimum atomic E-state index is -4.38. The van der Waals surface area contributed by atoms with Crippen LogP contribution in [-0.4, -0.2) is 26.4 Å². The van der Waals surface area contributed by atoms with Crippen molar-refractivity contribution in [2.24, 2.45) is 5.73 Å². The molecule has 0 saturated heterocycles. The summed E-state index contributed by atoms with van der Waals surface area (Å²) >= 11 is 0. The number of carbonyl (C=O) groups excluding carboxylic acids is 1. The number of pyridine rings is 1. The maximum atomic E-state index is 14.5. The van der Waals surface area contributed by atoms with Gasteiger partial charge in [-0.05, 0) is 72.4 Å². The summed E-state index contributed by atoms with van der Waals surface area (Å²) in [4.78, 5) is 16.6. The van der Waals surface area contributed by atoms with Crippen LogP contribution in [0.3, 0.4) is 0 Å². The number of nitrogens with zero attached hydrogens (tertiary/aromatic N) is 1. The van der Waals surface area contributed by atoms with Crippen molar-refractivity contribution >= 4 is 15.9 Å². The average Bonchev–Trinajstić information content (AvgIpc) is 2.78. The van der Waals surface area contributed by atoms with Gasteiger partial charge in [0.25, 0.3) is 10.0 Å². The van der Waals surface area contributed by atoms with Gasteiger partial charge in [0, 0.05) is 23.4 Å². The maximum Gasteiger partial charge on any atom is 0.264 e. The van der Waals surface area contributed by atoms with Crippen molar-refractivity contribution in [1.82, 2.24) is 9.71 Å². The molecule has 0 aliphatic heterocycles. The van der Waals surface area contributed by atoms with Gasteiger partial charge in [-0.3, -0.25) is 4.79 Å². The van der Waals surface area contributed by atoms with Crippen molar-refractivity contribution < 1.29 is 26.7 Å². The normalized spacial score (nSPS) is 12.0. The van der Waals surface area contributed by atoms with Crippen molar-refractivity contribution in [1.29, 1.82) is 0 Å². The molecular formula is C26H29F2N3O4S. The molecule has 36 heavy (non-hydrogen) atoms. The first kappa shape index (κ1) is 27.2. The molecule has 0 radical (unpaired) electrons. The fraction of sp³-hybridized carbons (Fsp3) is 0.308. The number of carbonyl (C=O) groups is 1. The molecule has 1 amide bonds. The highest BCUT2D eigenvalue weighted by molar-refractivity contribution is 7.90. The standard InChI is InChI=1S/C26H29F2N3O4S/c1-15(2)19-11-17(27)12-20(16-8-9-30-25(10-16)35-5)21(19)14-24(32)31-36(33,34)18-6-7-22(23(28)13-18)26(3,4)29/h6-13,15H,14,29H2,1-5H3,(H,31,32). The molecule has 0 spiro atoms. The van der Waals surface area contributed by atoms with E-state index in [0.29, 0.717) is 28.1 Å². The number of ether oxygens (including phenoxy) is 1. The SMILES string of the molecule is COc1cc(-c2cc(F)cc(C(C)C)c2CC(=O)NS(=O)(=O)c2ccc(C(C)(C)N)c(F)c2)ccn1. The zero-order valence-corrected chi connectivity index (χ0v) is 21.5. The minimum Gasteiger partial charge on any atom is -0.481 e. The number of nitrogens with two attached hydrogens (primary N) is 1. The average molecular weight is 518 g/mol. The predicted octanol–water partition coefficient (Wildman–Crippen LogP) is 4.40. The third-order valence-electron chi connectivity index (χ3n) is 5.66. The molecule has 3 rings (SSSR count). The lowest BCUT2D eigenvalue weighted by Crippen LogP contribution is -2.33.